The minimum absolute atomic E-state index is 0.213. The molecule has 3 atom stereocenters. The van der Waals surface area contributed by atoms with Crippen LogP contribution in [0.2, 0.25) is 0 Å². The molecule has 3 heterocycles. The Morgan fingerprint density at radius 1 is 0.969 bits per heavy atom. The van der Waals surface area contributed by atoms with Crippen molar-refractivity contribution in [3.63, 3.8) is 0 Å². The topological polar surface area (TPSA) is 52.5 Å². The Morgan fingerprint density at radius 2 is 1.75 bits per heavy atom. The second-order valence-corrected chi connectivity index (χ2v) is 9.26. The van der Waals surface area contributed by atoms with Gasteiger partial charge in [-0.25, -0.2) is 9.97 Å². The van der Waals surface area contributed by atoms with Crippen molar-refractivity contribution in [1.29, 1.82) is 0 Å². The summed E-state index contributed by atoms with van der Waals surface area (Å²) in [5, 5.41) is 10.2. The first kappa shape index (κ1) is 21.3. The lowest BCUT2D eigenvalue weighted by molar-refractivity contribution is -0.0655. The minimum Gasteiger partial charge on any atom is -0.395 e. The SMILES string of the molecule is Cc1cccc(-c2ccc([C@H]3[C@@H](CO)N4CCCCN(Cc5cncnc5)C[C@H]34)cc2)c1. The Kier molecular flexibility index (Phi) is 6.30. The van der Waals surface area contributed by atoms with E-state index in [0.717, 1.165) is 31.7 Å². The number of aromatic nitrogens is 2. The van der Waals surface area contributed by atoms with Gasteiger partial charge in [0.15, 0.2) is 0 Å². The molecule has 0 aliphatic carbocycles. The van der Waals surface area contributed by atoms with Crippen LogP contribution in [0.4, 0.5) is 0 Å². The van der Waals surface area contributed by atoms with Crippen molar-refractivity contribution >= 4 is 0 Å². The lowest BCUT2D eigenvalue weighted by Crippen LogP contribution is -2.67. The molecule has 2 aliphatic heterocycles. The van der Waals surface area contributed by atoms with E-state index < -0.39 is 0 Å². The summed E-state index contributed by atoms with van der Waals surface area (Å²) >= 11 is 0. The van der Waals surface area contributed by atoms with Crippen LogP contribution >= 0.6 is 0 Å². The van der Waals surface area contributed by atoms with Gasteiger partial charge >= 0.3 is 0 Å². The summed E-state index contributed by atoms with van der Waals surface area (Å²) in [4.78, 5) is 13.4. The molecule has 5 rings (SSSR count). The third-order valence-corrected chi connectivity index (χ3v) is 7.12. The molecule has 5 heteroatoms. The molecule has 2 saturated heterocycles. The molecule has 5 nitrogen and oxygen atoms in total. The fraction of sp³-hybridized carbons (Fsp3) is 0.407. The quantitative estimate of drug-likeness (QED) is 0.668. The summed E-state index contributed by atoms with van der Waals surface area (Å²) in [7, 11) is 0. The molecule has 2 aliphatic rings. The summed E-state index contributed by atoms with van der Waals surface area (Å²) in [6.07, 6.45) is 7.79. The van der Waals surface area contributed by atoms with Crippen molar-refractivity contribution in [2.75, 3.05) is 26.2 Å². The number of aryl methyl sites for hydroxylation is 1. The van der Waals surface area contributed by atoms with Crippen LogP contribution in [0.1, 0.15) is 35.4 Å². The lowest BCUT2D eigenvalue weighted by Gasteiger charge is -2.57. The number of benzene rings is 2. The van der Waals surface area contributed by atoms with Gasteiger partial charge in [-0.3, -0.25) is 9.80 Å². The zero-order valence-corrected chi connectivity index (χ0v) is 18.8. The van der Waals surface area contributed by atoms with Crippen LogP contribution in [-0.2, 0) is 6.54 Å². The predicted octanol–water partition coefficient (Wildman–Crippen LogP) is 3.88. The second kappa shape index (κ2) is 9.49. The normalized spacial score (nSPS) is 24.2. The van der Waals surface area contributed by atoms with Crippen LogP contribution in [0.15, 0.2) is 67.3 Å². The third-order valence-electron chi connectivity index (χ3n) is 7.12. The Labute approximate surface area is 190 Å². The van der Waals surface area contributed by atoms with Gasteiger partial charge in [0.25, 0.3) is 0 Å². The van der Waals surface area contributed by atoms with Crippen LogP contribution in [0, 0.1) is 6.92 Å². The largest absolute Gasteiger partial charge is 0.395 e. The number of fused-ring (bicyclic) bond motifs is 1. The fourth-order valence-corrected chi connectivity index (χ4v) is 5.55. The van der Waals surface area contributed by atoms with E-state index in [0.29, 0.717) is 12.0 Å². The Hall–Kier alpha value is -2.60. The van der Waals surface area contributed by atoms with Crippen LogP contribution < -0.4 is 0 Å². The first-order valence-electron chi connectivity index (χ1n) is 11.7. The molecule has 166 valence electrons. The molecule has 1 N–H and O–H groups in total. The maximum atomic E-state index is 10.2. The van der Waals surface area contributed by atoms with E-state index in [-0.39, 0.29) is 12.6 Å². The smallest absolute Gasteiger partial charge is 0.115 e. The molecule has 3 aromatic rings. The van der Waals surface area contributed by atoms with Crippen molar-refractivity contribution in [2.45, 2.75) is 44.3 Å². The van der Waals surface area contributed by atoms with Gasteiger partial charge in [-0.15, -0.1) is 0 Å². The summed E-state index contributed by atoms with van der Waals surface area (Å²) < 4.78 is 0. The molecular formula is C27H32N4O. The molecule has 32 heavy (non-hydrogen) atoms. The third kappa shape index (κ3) is 4.33. The zero-order valence-electron chi connectivity index (χ0n) is 18.8. The highest BCUT2D eigenvalue weighted by atomic mass is 16.3. The van der Waals surface area contributed by atoms with Crippen molar-refractivity contribution < 1.29 is 5.11 Å². The highest BCUT2D eigenvalue weighted by Crippen LogP contribution is 2.42. The monoisotopic (exact) mass is 428 g/mol. The predicted molar refractivity (Wildman–Crippen MR) is 127 cm³/mol. The molecular weight excluding hydrogens is 396 g/mol. The molecule has 2 aromatic carbocycles. The zero-order chi connectivity index (χ0) is 21.9. The van der Waals surface area contributed by atoms with Crippen molar-refractivity contribution in [2.24, 2.45) is 0 Å². The number of nitrogens with zero attached hydrogens (tertiary/aromatic N) is 4. The summed E-state index contributed by atoms with van der Waals surface area (Å²) in [5.41, 5.74) is 6.28. The summed E-state index contributed by atoms with van der Waals surface area (Å²) in [6.45, 7) is 6.42. The second-order valence-electron chi connectivity index (χ2n) is 9.26. The molecule has 0 radical (unpaired) electrons. The lowest BCUT2D eigenvalue weighted by atomic mass is 9.74. The molecule has 0 unspecified atom stereocenters. The molecule has 0 saturated carbocycles. The maximum Gasteiger partial charge on any atom is 0.115 e. The van der Waals surface area contributed by atoms with Crippen LogP contribution in [0.25, 0.3) is 11.1 Å². The summed E-state index contributed by atoms with van der Waals surface area (Å²) in [5.74, 6) is 0.360. The van der Waals surface area contributed by atoms with E-state index >= 15 is 0 Å². The molecule has 1 aromatic heterocycles. The Morgan fingerprint density at radius 3 is 2.50 bits per heavy atom. The highest BCUT2D eigenvalue weighted by Gasteiger charge is 2.49. The van der Waals surface area contributed by atoms with E-state index in [4.69, 9.17) is 0 Å². The van der Waals surface area contributed by atoms with Gasteiger partial charge in [0, 0.05) is 49.0 Å². The number of rotatable bonds is 5. The van der Waals surface area contributed by atoms with E-state index in [1.165, 1.54) is 35.1 Å². The fourth-order valence-electron chi connectivity index (χ4n) is 5.55. The first-order valence-corrected chi connectivity index (χ1v) is 11.7. The van der Waals surface area contributed by atoms with Crippen LogP contribution in [-0.4, -0.2) is 63.2 Å². The molecule has 0 spiro atoms. The average molecular weight is 429 g/mol. The number of aliphatic hydroxyl groups excluding tert-OH is 1. The average Bonchev–Trinajstić information content (AvgIpc) is 2.81. The molecule has 0 amide bonds. The van der Waals surface area contributed by atoms with Gasteiger partial charge in [0.05, 0.1) is 6.61 Å². The maximum absolute atomic E-state index is 10.2. The number of hydrogen-bond donors (Lipinski definition) is 1. The van der Waals surface area contributed by atoms with Gasteiger partial charge in [0.1, 0.15) is 6.33 Å². The van der Waals surface area contributed by atoms with E-state index in [2.05, 4.69) is 75.2 Å². The van der Waals surface area contributed by atoms with Crippen LogP contribution in [0.5, 0.6) is 0 Å². The van der Waals surface area contributed by atoms with Gasteiger partial charge < -0.3 is 5.11 Å². The minimum atomic E-state index is 0.213. The van der Waals surface area contributed by atoms with Crippen molar-refractivity contribution in [3.8, 4) is 11.1 Å². The van der Waals surface area contributed by atoms with Crippen molar-refractivity contribution in [3.05, 3.63) is 83.9 Å². The number of hydrogen-bond acceptors (Lipinski definition) is 5. The van der Waals surface area contributed by atoms with E-state index in [1.54, 1.807) is 6.33 Å². The van der Waals surface area contributed by atoms with E-state index in [9.17, 15) is 5.11 Å². The molecule has 0 bridgehead atoms. The van der Waals surface area contributed by atoms with Gasteiger partial charge in [-0.05, 0) is 49.5 Å². The van der Waals surface area contributed by atoms with E-state index in [1.807, 2.05) is 12.4 Å². The van der Waals surface area contributed by atoms with Gasteiger partial charge in [-0.2, -0.15) is 0 Å². The number of aliphatic hydroxyl groups is 1. The van der Waals surface area contributed by atoms with Gasteiger partial charge in [0.2, 0.25) is 0 Å². The summed E-state index contributed by atoms with van der Waals surface area (Å²) in [6, 6.07) is 18.3. The Bertz CT molecular complexity index is 1020. The first-order chi connectivity index (χ1) is 15.7. The Balaban J connectivity index is 1.36. The molecule has 2 fully saturated rings. The standard InChI is InChI=1S/C27H32N4O/c1-20-5-4-6-24(13-20)22-7-9-23(10-8-22)27-25-17-30(16-21-14-28-19-29-15-21)11-2-3-12-31(25)26(27)18-32/h4-10,13-15,19,25-27,32H,2-3,11-12,16-18H2,1H3/t25-,26-,27-/m1/s1. The van der Waals surface area contributed by atoms with Gasteiger partial charge in [-0.1, -0.05) is 54.1 Å². The van der Waals surface area contributed by atoms with Crippen LogP contribution in [0.3, 0.4) is 0 Å². The van der Waals surface area contributed by atoms with Crippen molar-refractivity contribution in [1.82, 2.24) is 19.8 Å². The highest BCUT2D eigenvalue weighted by molar-refractivity contribution is 5.64.